The van der Waals surface area contributed by atoms with E-state index < -0.39 is 9.84 Å². The first-order valence-corrected chi connectivity index (χ1v) is 11.1. The predicted molar refractivity (Wildman–Crippen MR) is 104 cm³/mol. The summed E-state index contributed by atoms with van der Waals surface area (Å²) in [6.07, 6.45) is 3.18. The average Bonchev–Trinajstić information content (AvgIpc) is 3.05. The van der Waals surface area contributed by atoms with Gasteiger partial charge < -0.3 is 4.74 Å². The van der Waals surface area contributed by atoms with Gasteiger partial charge in [-0.1, -0.05) is 43.0 Å². The van der Waals surface area contributed by atoms with Crippen molar-refractivity contribution in [2.24, 2.45) is 0 Å². The first-order chi connectivity index (χ1) is 11.9. The molecule has 0 spiro atoms. The second-order valence-electron chi connectivity index (χ2n) is 6.03. The summed E-state index contributed by atoms with van der Waals surface area (Å²) in [5.74, 6) is 0.703. The van der Waals surface area contributed by atoms with Crippen LogP contribution in [0.5, 0.6) is 5.75 Å². The van der Waals surface area contributed by atoms with E-state index in [1.54, 1.807) is 6.08 Å². The van der Waals surface area contributed by atoms with E-state index in [4.69, 9.17) is 17.0 Å². The van der Waals surface area contributed by atoms with Gasteiger partial charge in [0.15, 0.2) is 9.84 Å². The standard InChI is InChI=1S/C17H19NO4S3/c1-2-8-22-14-5-3-12(4-6-14)10-15-16(19)18(17(23)24-15)13-7-9-25(20,21)11-13/h3-6,10,13H,2,7-9,11H2,1H3/b15-10+. The number of hydrogen-bond donors (Lipinski definition) is 0. The molecule has 0 bridgehead atoms. The minimum absolute atomic E-state index is 0.00379. The topological polar surface area (TPSA) is 63.7 Å². The maximum atomic E-state index is 12.7. The zero-order chi connectivity index (χ0) is 18.0. The van der Waals surface area contributed by atoms with Crippen LogP contribution in [0.15, 0.2) is 29.2 Å². The second kappa shape index (κ2) is 7.47. The normalized spacial score (nSPS) is 24.3. The number of rotatable bonds is 5. The van der Waals surface area contributed by atoms with E-state index >= 15 is 0 Å². The number of nitrogens with zero attached hydrogens (tertiary/aromatic N) is 1. The number of thioether (sulfide) groups is 1. The Balaban J connectivity index is 1.74. The summed E-state index contributed by atoms with van der Waals surface area (Å²) in [6, 6.07) is 7.17. The van der Waals surface area contributed by atoms with Gasteiger partial charge in [-0.25, -0.2) is 8.42 Å². The van der Waals surface area contributed by atoms with Crippen LogP contribution in [0.1, 0.15) is 25.3 Å². The van der Waals surface area contributed by atoms with Crippen molar-refractivity contribution < 1.29 is 17.9 Å². The lowest BCUT2D eigenvalue weighted by molar-refractivity contribution is -0.123. The number of ether oxygens (including phenoxy) is 1. The lowest BCUT2D eigenvalue weighted by Gasteiger charge is -2.20. The number of amides is 1. The van der Waals surface area contributed by atoms with Crippen molar-refractivity contribution in [1.82, 2.24) is 4.90 Å². The fraction of sp³-hybridized carbons (Fsp3) is 0.412. The second-order valence-corrected chi connectivity index (χ2v) is 9.93. The molecule has 1 unspecified atom stereocenters. The summed E-state index contributed by atoms with van der Waals surface area (Å²) in [6.45, 7) is 2.72. The van der Waals surface area contributed by atoms with Crippen molar-refractivity contribution in [3.63, 3.8) is 0 Å². The van der Waals surface area contributed by atoms with Crippen molar-refractivity contribution in [3.8, 4) is 5.75 Å². The molecule has 2 saturated heterocycles. The zero-order valence-corrected chi connectivity index (χ0v) is 16.3. The highest BCUT2D eigenvalue weighted by Crippen LogP contribution is 2.36. The fourth-order valence-corrected chi connectivity index (χ4v) is 5.91. The van der Waals surface area contributed by atoms with Crippen LogP contribution in [0.2, 0.25) is 0 Å². The van der Waals surface area contributed by atoms with Crippen molar-refractivity contribution >= 4 is 50.1 Å². The highest BCUT2D eigenvalue weighted by Gasteiger charge is 2.42. The van der Waals surface area contributed by atoms with Crippen LogP contribution in [0, 0.1) is 0 Å². The maximum Gasteiger partial charge on any atom is 0.266 e. The molecule has 5 nitrogen and oxygen atoms in total. The van der Waals surface area contributed by atoms with E-state index in [0.29, 0.717) is 22.3 Å². The van der Waals surface area contributed by atoms with Gasteiger partial charge in [0, 0.05) is 0 Å². The van der Waals surface area contributed by atoms with Gasteiger partial charge in [0.2, 0.25) is 0 Å². The molecule has 8 heteroatoms. The summed E-state index contributed by atoms with van der Waals surface area (Å²) in [5, 5.41) is 0. The third-order valence-electron chi connectivity index (χ3n) is 4.05. The van der Waals surface area contributed by atoms with Crippen molar-refractivity contribution in [2.45, 2.75) is 25.8 Å². The molecular weight excluding hydrogens is 378 g/mol. The molecule has 1 aromatic rings. The van der Waals surface area contributed by atoms with Gasteiger partial charge in [0.25, 0.3) is 5.91 Å². The number of carbonyl (C=O) groups excluding carboxylic acids is 1. The zero-order valence-electron chi connectivity index (χ0n) is 13.8. The first kappa shape index (κ1) is 18.4. The summed E-state index contributed by atoms with van der Waals surface area (Å²) in [5.41, 5.74) is 0.878. The largest absolute Gasteiger partial charge is 0.494 e. The molecule has 0 aliphatic carbocycles. The molecule has 0 radical (unpaired) electrons. The summed E-state index contributed by atoms with van der Waals surface area (Å²) in [7, 11) is -3.06. The molecule has 0 saturated carbocycles. The van der Waals surface area contributed by atoms with Gasteiger partial charge in [-0.15, -0.1) is 0 Å². The lowest BCUT2D eigenvalue weighted by Crippen LogP contribution is -2.39. The molecule has 1 amide bonds. The molecule has 2 fully saturated rings. The number of benzene rings is 1. The summed E-state index contributed by atoms with van der Waals surface area (Å²) >= 11 is 6.53. The van der Waals surface area contributed by atoms with Gasteiger partial charge in [0.05, 0.1) is 29.1 Å². The Morgan fingerprint density at radius 3 is 2.68 bits per heavy atom. The molecule has 0 N–H and O–H groups in total. The molecule has 3 rings (SSSR count). The third kappa shape index (κ3) is 4.24. The average molecular weight is 398 g/mol. The smallest absolute Gasteiger partial charge is 0.266 e. The van der Waals surface area contributed by atoms with Crippen LogP contribution in [0.4, 0.5) is 0 Å². The van der Waals surface area contributed by atoms with E-state index in [2.05, 4.69) is 0 Å². The maximum absolute atomic E-state index is 12.7. The molecule has 2 aliphatic heterocycles. The highest BCUT2D eigenvalue weighted by atomic mass is 32.2. The number of thiocarbonyl (C=S) groups is 1. The Morgan fingerprint density at radius 1 is 1.36 bits per heavy atom. The molecule has 0 aromatic heterocycles. The lowest BCUT2D eigenvalue weighted by atomic mass is 10.2. The van der Waals surface area contributed by atoms with Crippen LogP contribution in [-0.2, 0) is 14.6 Å². The SMILES string of the molecule is CCCOc1ccc(/C=C2/SC(=S)N(C3CCS(=O)(=O)C3)C2=O)cc1. The van der Waals surface area contributed by atoms with E-state index in [-0.39, 0.29) is 23.5 Å². The molecule has 2 heterocycles. The molecule has 134 valence electrons. The van der Waals surface area contributed by atoms with Crippen LogP contribution in [0.3, 0.4) is 0 Å². The molecular formula is C17H19NO4S3. The van der Waals surface area contributed by atoms with E-state index in [1.807, 2.05) is 31.2 Å². The Hall–Kier alpha value is -1.38. The van der Waals surface area contributed by atoms with Gasteiger partial charge >= 0.3 is 0 Å². The van der Waals surface area contributed by atoms with Crippen LogP contribution in [0.25, 0.3) is 6.08 Å². The van der Waals surface area contributed by atoms with Crippen molar-refractivity contribution in [2.75, 3.05) is 18.1 Å². The summed E-state index contributed by atoms with van der Waals surface area (Å²) in [4.78, 5) is 14.6. The monoisotopic (exact) mass is 397 g/mol. The molecule has 2 aliphatic rings. The summed E-state index contributed by atoms with van der Waals surface area (Å²) < 4.78 is 29.3. The first-order valence-electron chi connectivity index (χ1n) is 8.10. The Kier molecular flexibility index (Phi) is 5.50. The number of sulfone groups is 1. The minimum Gasteiger partial charge on any atom is -0.494 e. The van der Waals surface area contributed by atoms with E-state index in [1.165, 1.54) is 16.7 Å². The van der Waals surface area contributed by atoms with E-state index in [0.717, 1.165) is 17.7 Å². The quantitative estimate of drug-likeness (QED) is 0.562. The van der Waals surface area contributed by atoms with E-state index in [9.17, 15) is 13.2 Å². The number of carbonyl (C=O) groups is 1. The minimum atomic E-state index is -3.06. The van der Waals surface area contributed by atoms with Crippen LogP contribution < -0.4 is 4.74 Å². The van der Waals surface area contributed by atoms with Gasteiger partial charge in [0.1, 0.15) is 10.1 Å². The Labute approximate surface area is 157 Å². The molecule has 1 aromatic carbocycles. The van der Waals surface area contributed by atoms with Crippen molar-refractivity contribution in [1.29, 1.82) is 0 Å². The third-order valence-corrected chi connectivity index (χ3v) is 7.13. The predicted octanol–water partition coefficient (Wildman–Crippen LogP) is 2.86. The van der Waals surface area contributed by atoms with Crippen molar-refractivity contribution in [3.05, 3.63) is 34.7 Å². The highest BCUT2D eigenvalue weighted by molar-refractivity contribution is 8.26. The molecule has 1 atom stereocenters. The molecule has 25 heavy (non-hydrogen) atoms. The van der Waals surface area contributed by atoms with Gasteiger partial charge in [-0.2, -0.15) is 0 Å². The Bertz CT molecular complexity index is 815. The van der Waals surface area contributed by atoms with Gasteiger partial charge in [-0.3, -0.25) is 9.69 Å². The van der Waals surface area contributed by atoms with Crippen LogP contribution in [-0.4, -0.2) is 47.7 Å². The van der Waals surface area contributed by atoms with Crippen LogP contribution >= 0.6 is 24.0 Å². The fourth-order valence-electron chi connectivity index (χ4n) is 2.81. The Morgan fingerprint density at radius 2 is 2.08 bits per heavy atom. The number of hydrogen-bond acceptors (Lipinski definition) is 6. The van der Waals surface area contributed by atoms with Gasteiger partial charge in [-0.05, 0) is 36.6 Å².